The first kappa shape index (κ1) is 19.7. The maximum Gasteiger partial charge on any atom is 0.244 e. The number of allylic oxidation sites excluding steroid dienone is 1. The highest BCUT2D eigenvalue weighted by Crippen LogP contribution is 2.22. The van der Waals surface area contributed by atoms with Gasteiger partial charge in [0.15, 0.2) is 0 Å². The zero-order valence-corrected chi connectivity index (χ0v) is 15.8. The molecule has 0 atom stereocenters. The zero-order valence-electron chi connectivity index (χ0n) is 15.0. The average molecular weight is 365 g/mol. The molecule has 0 fully saturated rings. The number of terminal acetylenes is 1. The molecule has 0 saturated heterocycles. The van der Waals surface area contributed by atoms with Gasteiger partial charge in [-0.3, -0.25) is 0 Å². The van der Waals surface area contributed by atoms with E-state index in [1.54, 1.807) is 24.3 Å². The Labute approximate surface area is 156 Å². The number of nitrogens with zero attached hydrogens (tertiary/aromatic N) is 1. The molecule has 4 heteroatoms. The van der Waals surface area contributed by atoms with Crippen LogP contribution in [0.4, 0.5) is 0 Å². The summed E-state index contributed by atoms with van der Waals surface area (Å²) in [6.45, 7) is 10.2. The standard InChI is InChI=1S/C22H23NO2S/c1-5-15-23(26(24,25)22-13-11-18(2)12-14-22)17-19(3)16-20(4)21-9-7-6-8-10-21/h1,6-14H,3-4,15-17H2,2H3. The Morgan fingerprint density at radius 1 is 1.08 bits per heavy atom. The smallest absolute Gasteiger partial charge is 0.207 e. The van der Waals surface area contributed by atoms with Crippen LogP contribution in [0.25, 0.3) is 5.57 Å². The Morgan fingerprint density at radius 2 is 1.69 bits per heavy atom. The fourth-order valence-corrected chi connectivity index (χ4v) is 3.95. The van der Waals surface area contributed by atoms with Gasteiger partial charge < -0.3 is 0 Å². The lowest BCUT2D eigenvalue weighted by molar-refractivity contribution is 0.470. The molecule has 0 saturated carbocycles. The van der Waals surface area contributed by atoms with Crippen molar-refractivity contribution in [1.29, 1.82) is 0 Å². The van der Waals surface area contributed by atoms with Gasteiger partial charge in [0.1, 0.15) is 0 Å². The van der Waals surface area contributed by atoms with E-state index >= 15 is 0 Å². The minimum absolute atomic E-state index is 0.00690. The van der Waals surface area contributed by atoms with Gasteiger partial charge in [0.05, 0.1) is 11.4 Å². The van der Waals surface area contributed by atoms with Crippen LogP contribution in [-0.2, 0) is 10.0 Å². The Morgan fingerprint density at radius 3 is 2.27 bits per heavy atom. The maximum absolute atomic E-state index is 12.9. The first-order valence-corrected chi connectivity index (χ1v) is 9.68. The van der Waals surface area contributed by atoms with E-state index in [2.05, 4.69) is 19.1 Å². The molecule has 0 N–H and O–H groups in total. The molecule has 0 aliphatic heterocycles. The van der Waals surface area contributed by atoms with Crippen molar-refractivity contribution in [3.63, 3.8) is 0 Å². The molecule has 0 aliphatic rings. The van der Waals surface area contributed by atoms with Crippen LogP contribution in [0, 0.1) is 19.3 Å². The largest absolute Gasteiger partial charge is 0.244 e. The van der Waals surface area contributed by atoms with Crippen molar-refractivity contribution >= 4 is 15.6 Å². The van der Waals surface area contributed by atoms with Crippen molar-refractivity contribution < 1.29 is 8.42 Å². The van der Waals surface area contributed by atoms with E-state index in [0.717, 1.165) is 22.3 Å². The Balaban J connectivity index is 2.14. The maximum atomic E-state index is 12.9. The molecule has 2 aromatic rings. The summed E-state index contributed by atoms with van der Waals surface area (Å²) in [5.41, 5.74) is 3.64. The van der Waals surface area contributed by atoms with Crippen LogP contribution in [-0.4, -0.2) is 25.8 Å². The zero-order chi connectivity index (χ0) is 19.2. The van der Waals surface area contributed by atoms with Crippen molar-refractivity contribution in [2.75, 3.05) is 13.1 Å². The second-order valence-corrected chi connectivity index (χ2v) is 8.12. The highest BCUT2D eigenvalue weighted by Gasteiger charge is 2.24. The molecule has 0 spiro atoms. The third-order valence-electron chi connectivity index (χ3n) is 3.97. The molecule has 2 aromatic carbocycles. The molecule has 134 valence electrons. The summed E-state index contributed by atoms with van der Waals surface area (Å²) in [7, 11) is -3.68. The lowest BCUT2D eigenvalue weighted by atomic mass is 10.0. The third kappa shape index (κ3) is 4.95. The molecule has 0 amide bonds. The molecule has 0 bridgehead atoms. The second-order valence-electron chi connectivity index (χ2n) is 6.19. The van der Waals surface area contributed by atoms with Crippen LogP contribution in [0.5, 0.6) is 0 Å². The molecular formula is C22H23NO2S. The molecular weight excluding hydrogens is 342 g/mol. The molecule has 0 unspecified atom stereocenters. The van der Waals surface area contributed by atoms with Gasteiger partial charge in [-0.15, -0.1) is 6.42 Å². The van der Waals surface area contributed by atoms with E-state index in [4.69, 9.17) is 6.42 Å². The van der Waals surface area contributed by atoms with E-state index in [-0.39, 0.29) is 18.0 Å². The molecule has 26 heavy (non-hydrogen) atoms. The molecule has 0 radical (unpaired) electrons. The highest BCUT2D eigenvalue weighted by atomic mass is 32.2. The SMILES string of the molecule is C#CCN(CC(=C)CC(=C)c1ccccc1)S(=O)(=O)c1ccc(C)cc1. The highest BCUT2D eigenvalue weighted by molar-refractivity contribution is 7.89. The molecule has 0 heterocycles. The summed E-state index contributed by atoms with van der Waals surface area (Å²) >= 11 is 0. The summed E-state index contributed by atoms with van der Waals surface area (Å²) < 4.78 is 27.1. The molecule has 2 rings (SSSR count). The van der Waals surface area contributed by atoms with Gasteiger partial charge in [0.2, 0.25) is 10.0 Å². The predicted molar refractivity (Wildman–Crippen MR) is 108 cm³/mol. The monoisotopic (exact) mass is 365 g/mol. The lowest BCUT2D eigenvalue weighted by Crippen LogP contribution is -2.33. The second kappa shape index (κ2) is 8.66. The van der Waals surface area contributed by atoms with Gasteiger partial charge in [0, 0.05) is 6.54 Å². The van der Waals surface area contributed by atoms with Crippen LogP contribution < -0.4 is 0 Å². The van der Waals surface area contributed by atoms with Crippen LogP contribution in [0.3, 0.4) is 0 Å². The van der Waals surface area contributed by atoms with E-state index in [0.29, 0.717) is 6.42 Å². The summed E-state index contributed by atoms with van der Waals surface area (Å²) in [5.74, 6) is 2.43. The van der Waals surface area contributed by atoms with Crippen molar-refractivity contribution in [2.24, 2.45) is 0 Å². The van der Waals surface area contributed by atoms with E-state index in [1.807, 2.05) is 37.3 Å². The first-order chi connectivity index (χ1) is 12.3. The number of benzene rings is 2. The quantitative estimate of drug-likeness (QED) is 0.517. The van der Waals surface area contributed by atoms with Crippen molar-refractivity contribution in [1.82, 2.24) is 4.31 Å². The summed E-state index contributed by atoms with van der Waals surface area (Å²) in [6, 6.07) is 16.5. The number of hydrogen-bond donors (Lipinski definition) is 0. The van der Waals surface area contributed by atoms with Crippen LogP contribution in [0.15, 0.2) is 78.2 Å². The van der Waals surface area contributed by atoms with Gasteiger partial charge in [-0.25, -0.2) is 8.42 Å². The topological polar surface area (TPSA) is 37.4 Å². The normalized spacial score (nSPS) is 11.1. The van der Waals surface area contributed by atoms with Gasteiger partial charge in [0.25, 0.3) is 0 Å². The predicted octanol–water partition coefficient (Wildman–Crippen LogP) is 4.28. The van der Waals surface area contributed by atoms with Crippen LogP contribution in [0.2, 0.25) is 0 Å². The Bertz CT molecular complexity index is 920. The van der Waals surface area contributed by atoms with Gasteiger partial charge in [-0.05, 0) is 36.6 Å². The third-order valence-corrected chi connectivity index (χ3v) is 5.78. The van der Waals surface area contributed by atoms with Crippen molar-refractivity contribution in [3.05, 3.63) is 84.5 Å². The number of rotatable bonds is 8. The average Bonchev–Trinajstić information content (AvgIpc) is 2.62. The van der Waals surface area contributed by atoms with Gasteiger partial charge >= 0.3 is 0 Å². The summed E-state index contributed by atoms with van der Waals surface area (Å²) in [5, 5.41) is 0. The van der Waals surface area contributed by atoms with E-state index in [9.17, 15) is 8.42 Å². The fourth-order valence-electron chi connectivity index (χ4n) is 2.57. The minimum Gasteiger partial charge on any atom is -0.207 e. The summed E-state index contributed by atoms with van der Waals surface area (Å²) in [6.07, 6.45) is 5.90. The van der Waals surface area contributed by atoms with E-state index in [1.165, 1.54) is 4.31 Å². The summed E-state index contributed by atoms with van der Waals surface area (Å²) in [4.78, 5) is 0.230. The lowest BCUT2D eigenvalue weighted by Gasteiger charge is -2.21. The molecule has 0 aromatic heterocycles. The van der Waals surface area contributed by atoms with Gasteiger partial charge in [-0.1, -0.05) is 72.7 Å². The Kier molecular flexibility index (Phi) is 6.57. The molecule has 0 aliphatic carbocycles. The Hall–Kier alpha value is -2.61. The van der Waals surface area contributed by atoms with Crippen LogP contribution >= 0.6 is 0 Å². The number of hydrogen-bond acceptors (Lipinski definition) is 2. The minimum atomic E-state index is -3.68. The number of sulfonamides is 1. The molecule has 3 nitrogen and oxygen atoms in total. The van der Waals surface area contributed by atoms with E-state index < -0.39 is 10.0 Å². The van der Waals surface area contributed by atoms with Crippen molar-refractivity contribution in [3.8, 4) is 12.3 Å². The van der Waals surface area contributed by atoms with Gasteiger partial charge in [-0.2, -0.15) is 4.31 Å². The first-order valence-electron chi connectivity index (χ1n) is 8.24. The number of aryl methyl sites for hydroxylation is 1. The van der Waals surface area contributed by atoms with Crippen LogP contribution in [0.1, 0.15) is 17.5 Å². The van der Waals surface area contributed by atoms with Crippen molar-refractivity contribution in [2.45, 2.75) is 18.2 Å². The fraction of sp³-hybridized carbons (Fsp3) is 0.182.